The molecule has 2 aliphatic carbocycles. The first-order valence-corrected chi connectivity index (χ1v) is 12.0. The quantitative estimate of drug-likeness (QED) is 0.275. The molecule has 6 rings (SSSR count). The Kier molecular flexibility index (Phi) is 5.75. The first kappa shape index (κ1) is 23.0. The SMILES string of the molecule is FC(F)(F)Oc1cccc(-n2c3c/c(=N\C4CCC4)c(Nc4cccnc4)cc-3nc3ccccc32)c1. The minimum Gasteiger partial charge on any atom is -0.406 e. The van der Waals surface area contributed by atoms with Gasteiger partial charge in [0, 0.05) is 18.0 Å². The van der Waals surface area contributed by atoms with Gasteiger partial charge in [-0.1, -0.05) is 18.2 Å². The lowest BCUT2D eigenvalue weighted by Crippen LogP contribution is -2.22. The van der Waals surface area contributed by atoms with Gasteiger partial charge in [0.2, 0.25) is 0 Å². The number of hydrogen-bond donors (Lipinski definition) is 1. The molecule has 6 nitrogen and oxygen atoms in total. The van der Waals surface area contributed by atoms with E-state index < -0.39 is 6.36 Å². The highest BCUT2D eigenvalue weighted by atomic mass is 19.4. The minimum absolute atomic E-state index is 0.234. The van der Waals surface area contributed by atoms with Gasteiger partial charge >= 0.3 is 6.36 Å². The number of nitrogens with zero attached hydrogens (tertiary/aromatic N) is 4. The van der Waals surface area contributed by atoms with Gasteiger partial charge in [0.05, 0.1) is 51.4 Å². The van der Waals surface area contributed by atoms with Crippen LogP contribution in [-0.2, 0) is 0 Å². The number of aromatic nitrogens is 3. The van der Waals surface area contributed by atoms with Crippen molar-refractivity contribution in [1.29, 1.82) is 0 Å². The largest absolute Gasteiger partial charge is 0.573 e. The monoisotopic (exact) mass is 501 g/mol. The van der Waals surface area contributed by atoms with E-state index in [1.807, 2.05) is 53.1 Å². The van der Waals surface area contributed by atoms with Crippen LogP contribution in [0.2, 0.25) is 0 Å². The number of benzene rings is 3. The molecule has 3 aliphatic rings. The molecule has 1 aromatic heterocycles. The van der Waals surface area contributed by atoms with Gasteiger partial charge in [-0.3, -0.25) is 9.98 Å². The molecule has 0 spiro atoms. The predicted octanol–water partition coefficient (Wildman–Crippen LogP) is 6.62. The zero-order valence-corrected chi connectivity index (χ0v) is 19.6. The van der Waals surface area contributed by atoms with Gasteiger partial charge in [-0.2, -0.15) is 0 Å². The number of rotatable bonds is 5. The second-order valence-electron chi connectivity index (χ2n) is 8.92. The van der Waals surface area contributed by atoms with Crippen LogP contribution in [0.3, 0.4) is 0 Å². The van der Waals surface area contributed by atoms with Crippen molar-refractivity contribution in [2.45, 2.75) is 31.7 Å². The molecule has 0 unspecified atom stereocenters. The molecule has 186 valence electrons. The van der Waals surface area contributed by atoms with E-state index in [2.05, 4.69) is 15.0 Å². The molecule has 9 heteroatoms. The molecule has 1 aliphatic heterocycles. The Morgan fingerprint density at radius 1 is 0.973 bits per heavy atom. The molecule has 1 fully saturated rings. The fraction of sp³-hybridized carbons (Fsp3) is 0.179. The maximum Gasteiger partial charge on any atom is 0.573 e. The smallest absolute Gasteiger partial charge is 0.406 e. The lowest BCUT2D eigenvalue weighted by molar-refractivity contribution is -0.274. The summed E-state index contributed by atoms with van der Waals surface area (Å²) in [5.41, 5.74) is 4.97. The van der Waals surface area contributed by atoms with Gasteiger partial charge in [-0.05, 0) is 67.8 Å². The zero-order valence-electron chi connectivity index (χ0n) is 19.6. The van der Waals surface area contributed by atoms with Crippen molar-refractivity contribution in [2.24, 2.45) is 4.99 Å². The fourth-order valence-corrected chi connectivity index (χ4v) is 4.45. The second kappa shape index (κ2) is 9.24. The molecule has 0 amide bonds. The van der Waals surface area contributed by atoms with Crippen LogP contribution in [0, 0.1) is 0 Å². The van der Waals surface area contributed by atoms with Crippen LogP contribution in [-0.4, -0.2) is 26.9 Å². The molecule has 1 saturated carbocycles. The Balaban J connectivity index is 1.60. The molecule has 2 heterocycles. The van der Waals surface area contributed by atoms with Crippen LogP contribution in [0.15, 0.2) is 90.2 Å². The lowest BCUT2D eigenvalue weighted by Gasteiger charge is -2.23. The third kappa shape index (κ3) is 4.84. The van der Waals surface area contributed by atoms with E-state index >= 15 is 0 Å². The molecular formula is C28H22F3N5O. The summed E-state index contributed by atoms with van der Waals surface area (Å²) in [6, 6.07) is 21.4. The normalized spacial score (nSPS) is 14.6. The highest BCUT2D eigenvalue weighted by Crippen LogP contribution is 2.33. The number of halogens is 3. The van der Waals surface area contributed by atoms with Crippen molar-refractivity contribution in [3.63, 3.8) is 0 Å². The Labute approximate surface area is 210 Å². The fourth-order valence-electron chi connectivity index (χ4n) is 4.45. The molecule has 1 N–H and O–H groups in total. The van der Waals surface area contributed by atoms with Gasteiger partial charge < -0.3 is 14.6 Å². The van der Waals surface area contributed by atoms with E-state index in [0.717, 1.165) is 47.2 Å². The molecule has 3 aromatic rings. The minimum atomic E-state index is -4.78. The van der Waals surface area contributed by atoms with Gasteiger partial charge in [-0.15, -0.1) is 13.2 Å². The summed E-state index contributed by atoms with van der Waals surface area (Å²) in [7, 11) is 0. The van der Waals surface area contributed by atoms with Gasteiger partial charge in [0.1, 0.15) is 5.75 Å². The lowest BCUT2D eigenvalue weighted by atomic mass is 9.94. The van der Waals surface area contributed by atoms with E-state index in [1.54, 1.807) is 24.5 Å². The summed E-state index contributed by atoms with van der Waals surface area (Å²) >= 11 is 0. The van der Waals surface area contributed by atoms with E-state index in [9.17, 15) is 13.2 Å². The van der Waals surface area contributed by atoms with Crippen molar-refractivity contribution in [1.82, 2.24) is 14.5 Å². The summed E-state index contributed by atoms with van der Waals surface area (Å²) in [5.74, 6) is -0.291. The van der Waals surface area contributed by atoms with Gasteiger partial charge in [-0.25, -0.2) is 4.98 Å². The first-order valence-electron chi connectivity index (χ1n) is 12.0. The number of alkyl halides is 3. The van der Waals surface area contributed by atoms with Crippen LogP contribution in [0.25, 0.3) is 28.1 Å². The summed E-state index contributed by atoms with van der Waals surface area (Å²) in [5, 5.41) is 4.17. The zero-order chi connectivity index (χ0) is 25.4. The maximum atomic E-state index is 13.0. The third-order valence-electron chi connectivity index (χ3n) is 6.34. The van der Waals surface area contributed by atoms with E-state index in [4.69, 9.17) is 9.98 Å². The van der Waals surface area contributed by atoms with Crippen molar-refractivity contribution >= 4 is 22.4 Å². The van der Waals surface area contributed by atoms with Crippen LogP contribution >= 0.6 is 0 Å². The van der Waals surface area contributed by atoms with E-state index in [-0.39, 0.29) is 11.8 Å². The molecule has 0 atom stereocenters. The van der Waals surface area contributed by atoms with Crippen molar-refractivity contribution in [2.75, 3.05) is 5.32 Å². The van der Waals surface area contributed by atoms with Gasteiger partial charge in [0.15, 0.2) is 0 Å². The second-order valence-corrected chi connectivity index (χ2v) is 8.92. The topological polar surface area (TPSA) is 64.3 Å². The summed E-state index contributed by atoms with van der Waals surface area (Å²) in [4.78, 5) is 14.1. The molecule has 0 radical (unpaired) electrons. The Hall–Kier alpha value is -4.40. The number of fused-ring (bicyclic) bond motifs is 2. The van der Waals surface area contributed by atoms with E-state index in [0.29, 0.717) is 16.9 Å². The van der Waals surface area contributed by atoms with Crippen LogP contribution in [0.4, 0.5) is 24.5 Å². The number of nitrogens with one attached hydrogen (secondary N) is 1. The summed E-state index contributed by atoms with van der Waals surface area (Å²) in [6.07, 6.45) is 1.85. The van der Waals surface area contributed by atoms with Gasteiger partial charge in [0.25, 0.3) is 0 Å². The van der Waals surface area contributed by atoms with Crippen LogP contribution in [0.1, 0.15) is 19.3 Å². The number of para-hydroxylation sites is 2. The number of anilines is 2. The predicted molar refractivity (Wildman–Crippen MR) is 135 cm³/mol. The molecule has 37 heavy (non-hydrogen) atoms. The Morgan fingerprint density at radius 3 is 2.59 bits per heavy atom. The summed E-state index contributed by atoms with van der Waals surface area (Å²) < 4.78 is 45.0. The van der Waals surface area contributed by atoms with Crippen LogP contribution in [0.5, 0.6) is 5.75 Å². The number of ether oxygens (including phenoxy) is 1. The summed E-state index contributed by atoms with van der Waals surface area (Å²) in [6.45, 7) is 0. The standard InChI is InChI=1S/C28H22F3N5O/c29-28(30,31)37-21-10-4-9-20(14-21)36-26-12-2-1-11-22(26)35-25-15-23(34-19-8-5-13-32-17-19)24(16-27(25)36)33-18-6-3-7-18/h1-2,4-5,8-18,34H,3,6-7H2/b33-24+. The molecule has 2 aromatic carbocycles. The first-order chi connectivity index (χ1) is 17.9. The third-order valence-corrected chi connectivity index (χ3v) is 6.34. The molecular weight excluding hydrogens is 479 g/mol. The number of pyridine rings is 1. The maximum absolute atomic E-state index is 13.0. The molecule has 0 bridgehead atoms. The highest BCUT2D eigenvalue weighted by Gasteiger charge is 2.31. The highest BCUT2D eigenvalue weighted by molar-refractivity contribution is 5.84. The average Bonchev–Trinajstić information content (AvgIpc) is 2.85. The number of hydrogen-bond acceptors (Lipinski definition) is 5. The average molecular weight is 502 g/mol. The van der Waals surface area contributed by atoms with Crippen molar-refractivity contribution in [3.05, 3.63) is 90.5 Å². The van der Waals surface area contributed by atoms with E-state index in [1.165, 1.54) is 12.1 Å². The van der Waals surface area contributed by atoms with Crippen LogP contribution < -0.4 is 15.4 Å². The Bertz CT molecular complexity index is 1610. The Morgan fingerprint density at radius 2 is 1.84 bits per heavy atom. The van der Waals surface area contributed by atoms with Crippen molar-refractivity contribution in [3.8, 4) is 22.8 Å². The van der Waals surface area contributed by atoms with Crippen molar-refractivity contribution < 1.29 is 17.9 Å². The molecule has 0 saturated heterocycles.